The summed E-state index contributed by atoms with van der Waals surface area (Å²) in [7, 11) is 0. The number of nitrogens with zero attached hydrogens (tertiary/aromatic N) is 1. The van der Waals surface area contributed by atoms with Gasteiger partial charge in [0.25, 0.3) is 0 Å². The SMILES string of the molecule is O=C(O)CCC(NC(=O)N1CCOCC1CO)C(=O)O. The molecule has 2 amide bonds. The summed E-state index contributed by atoms with van der Waals surface area (Å²) in [4.78, 5) is 34.7. The minimum absolute atomic E-state index is 0.177. The molecule has 0 radical (unpaired) electrons. The number of hydrogen-bond acceptors (Lipinski definition) is 5. The Balaban J connectivity index is 2.59. The van der Waals surface area contributed by atoms with Crippen LogP contribution in [0.2, 0.25) is 0 Å². The fourth-order valence-electron chi connectivity index (χ4n) is 1.83. The zero-order valence-electron chi connectivity index (χ0n) is 10.8. The number of rotatable bonds is 6. The fraction of sp³-hybridized carbons (Fsp3) is 0.727. The molecule has 2 atom stereocenters. The second kappa shape index (κ2) is 7.65. The van der Waals surface area contributed by atoms with Gasteiger partial charge in [-0.3, -0.25) is 4.79 Å². The van der Waals surface area contributed by atoms with Gasteiger partial charge < -0.3 is 30.3 Å². The van der Waals surface area contributed by atoms with Crippen molar-refractivity contribution in [2.24, 2.45) is 0 Å². The summed E-state index contributed by atoms with van der Waals surface area (Å²) >= 11 is 0. The third-order valence-electron chi connectivity index (χ3n) is 2.94. The molecule has 1 heterocycles. The molecular formula is C11H18N2O7. The molecule has 0 aromatic carbocycles. The molecule has 0 aromatic heterocycles. The topological polar surface area (TPSA) is 136 Å². The van der Waals surface area contributed by atoms with Gasteiger partial charge in [-0.2, -0.15) is 0 Å². The first-order valence-electron chi connectivity index (χ1n) is 6.16. The van der Waals surface area contributed by atoms with E-state index in [1.807, 2.05) is 0 Å². The third-order valence-corrected chi connectivity index (χ3v) is 2.94. The summed E-state index contributed by atoms with van der Waals surface area (Å²) in [6.07, 6.45) is -0.561. The van der Waals surface area contributed by atoms with Crippen molar-refractivity contribution in [2.45, 2.75) is 24.9 Å². The van der Waals surface area contributed by atoms with E-state index in [4.69, 9.17) is 20.1 Å². The largest absolute Gasteiger partial charge is 0.481 e. The molecule has 1 saturated heterocycles. The van der Waals surface area contributed by atoms with Crippen LogP contribution in [-0.2, 0) is 14.3 Å². The highest BCUT2D eigenvalue weighted by molar-refractivity contribution is 5.83. The smallest absolute Gasteiger partial charge is 0.326 e. The van der Waals surface area contributed by atoms with Gasteiger partial charge in [0.05, 0.1) is 25.9 Å². The second-order valence-electron chi connectivity index (χ2n) is 4.38. The van der Waals surface area contributed by atoms with Gasteiger partial charge in [-0.1, -0.05) is 0 Å². The van der Waals surface area contributed by atoms with Crippen LogP contribution in [-0.4, -0.2) is 76.6 Å². The number of carboxylic acids is 2. The quantitative estimate of drug-likeness (QED) is 0.477. The van der Waals surface area contributed by atoms with E-state index in [1.54, 1.807) is 0 Å². The number of carbonyl (C=O) groups excluding carboxylic acids is 1. The Kier molecular flexibility index (Phi) is 6.19. The number of urea groups is 1. The number of morpholine rings is 1. The highest BCUT2D eigenvalue weighted by Gasteiger charge is 2.30. The number of aliphatic carboxylic acids is 2. The molecule has 4 N–H and O–H groups in total. The number of hydrogen-bond donors (Lipinski definition) is 4. The van der Waals surface area contributed by atoms with Crippen LogP contribution >= 0.6 is 0 Å². The van der Waals surface area contributed by atoms with E-state index in [1.165, 1.54) is 4.90 Å². The Morgan fingerprint density at radius 1 is 1.35 bits per heavy atom. The number of carbonyl (C=O) groups is 3. The minimum Gasteiger partial charge on any atom is -0.481 e. The number of aliphatic hydroxyl groups excluding tert-OH is 1. The Morgan fingerprint density at radius 2 is 2.05 bits per heavy atom. The average molecular weight is 290 g/mol. The molecule has 0 saturated carbocycles. The maximum Gasteiger partial charge on any atom is 0.326 e. The van der Waals surface area contributed by atoms with Gasteiger partial charge in [0.2, 0.25) is 0 Å². The molecule has 0 bridgehead atoms. The van der Waals surface area contributed by atoms with E-state index in [0.29, 0.717) is 6.61 Å². The van der Waals surface area contributed by atoms with Crippen LogP contribution in [0, 0.1) is 0 Å². The van der Waals surface area contributed by atoms with Crippen molar-refractivity contribution in [1.29, 1.82) is 0 Å². The van der Waals surface area contributed by atoms with Crippen LogP contribution in [0.4, 0.5) is 4.79 Å². The lowest BCUT2D eigenvalue weighted by atomic mass is 10.1. The lowest BCUT2D eigenvalue weighted by molar-refractivity contribution is -0.140. The van der Waals surface area contributed by atoms with E-state index in [9.17, 15) is 14.4 Å². The van der Waals surface area contributed by atoms with Gasteiger partial charge in [0, 0.05) is 13.0 Å². The minimum atomic E-state index is -1.30. The first kappa shape index (κ1) is 16.2. The van der Waals surface area contributed by atoms with Crippen LogP contribution in [0.5, 0.6) is 0 Å². The second-order valence-corrected chi connectivity index (χ2v) is 4.38. The average Bonchev–Trinajstić information content (AvgIpc) is 2.42. The molecule has 0 spiro atoms. The molecular weight excluding hydrogens is 272 g/mol. The van der Waals surface area contributed by atoms with Crippen LogP contribution in [0.1, 0.15) is 12.8 Å². The van der Waals surface area contributed by atoms with Gasteiger partial charge in [-0.15, -0.1) is 0 Å². The first-order chi connectivity index (χ1) is 9.45. The monoisotopic (exact) mass is 290 g/mol. The maximum absolute atomic E-state index is 12.0. The van der Waals surface area contributed by atoms with E-state index in [0.717, 1.165) is 0 Å². The molecule has 0 aromatic rings. The van der Waals surface area contributed by atoms with Gasteiger partial charge in [0.1, 0.15) is 6.04 Å². The van der Waals surface area contributed by atoms with Crippen LogP contribution in [0.25, 0.3) is 0 Å². The van der Waals surface area contributed by atoms with Gasteiger partial charge in [0.15, 0.2) is 0 Å². The summed E-state index contributed by atoms with van der Waals surface area (Å²) in [6, 6.07) is -2.46. The van der Waals surface area contributed by atoms with Gasteiger partial charge in [-0.25, -0.2) is 9.59 Å². The molecule has 20 heavy (non-hydrogen) atoms. The summed E-state index contributed by atoms with van der Waals surface area (Å²) < 4.78 is 5.11. The molecule has 114 valence electrons. The molecule has 2 unspecified atom stereocenters. The van der Waals surface area contributed by atoms with Gasteiger partial charge in [-0.05, 0) is 6.42 Å². The lowest BCUT2D eigenvalue weighted by Crippen LogP contribution is -2.56. The van der Waals surface area contributed by atoms with Crippen molar-refractivity contribution in [3.8, 4) is 0 Å². The molecule has 9 nitrogen and oxygen atoms in total. The highest BCUT2D eigenvalue weighted by atomic mass is 16.5. The van der Waals surface area contributed by atoms with Crippen LogP contribution < -0.4 is 5.32 Å². The molecule has 1 aliphatic heterocycles. The Labute approximate surface area is 115 Å². The predicted molar refractivity (Wildman–Crippen MR) is 65.2 cm³/mol. The maximum atomic E-state index is 12.0. The van der Waals surface area contributed by atoms with Crippen molar-refractivity contribution < 1.29 is 34.4 Å². The lowest BCUT2D eigenvalue weighted by Gasteiger charge is -2.35. The van der Waals surface area contributed by atoms with E-state index < -0.39 is 30.1 Å². The normalized spacial score (nSPS) is 20.2. The third kappa shape index (κ3) is 4.67. The number of aliphatic hydroxyl groups is 1. The molecule has 0 aliphatic carbocycles. The Hall–Kier alpha value is -1.87. The van der Waals surface area contributed by atoms with E-state index in [2.05, 4.69) is 5.32 Å². The van der Waals surface area contributed by atoms with Crippen molar-refractivity contribution in [2.75, 3.05) is 26.4 Å². The van der Waals surface area contributed by atoms with E-state index in [-0.39, 0.29) is 32.6 Å². The number of amides is 2. The fourth-order valence-corrected chi connectivity index (χ4v) is 1.83. The zero-order chi connectivity index (χ0) is 15.1. The molecule has 1 fully saturated rings. The van der Waals surface area contributed by atoms with Crippen LogP contribution in [0.15, 0.2) is 0 Å². The summed E-state index contributed by atoms with van der Waals surface area (Å²) in [5.74, 6) is -2.43. The first-order valence-corrected chi connectivity index (χ1v) is 6.16. The summed E-state index contributed by atoms with van der Waals surface area (Å²) in [6.45, 7) is 0.427. The highest BCUT2D eigenvalue weighted by Crippen LogP contribution is 2.08. The molecule has 1 rings (SSSR count). The van der Waals surface area contributed by atoms with Crippen molar-refractivity contribution in [3.63, 3.8) is 0 Å². The Morgan fingerprint density at radius 3 is 2.60 bits per heavy atom. The Bertz CT molecular complexity index is 374. The number of ether oxygens (including phenoxy) is 1. The number of nitrogens with one attached hydrogen (secondary N) is 1. The van der Waals surface area contributed by atoms with Gasteiger partial charge >= 0.3 is 18.0 Å². The van der Waals surface area contributed by atoms with E-state index >= 15 is 0 Å². The van der Waals surface area contributed by atoms with Crippen LogP contribution in [0.3, 0.4) is 0 Å². The predicted octanol–water partition coefficient (Wildman–Crippen LogP) is -1.29. The summed E-state index contributed by atoms with van der Waals surface area (Å²) in [5, 5.41) is 28.9. The zero-order valence-corrected chi connectivity index (χ0v) is 10.8. The standard InChI is InChI=1S/C11H18N2O7/c14-5-7-6-20-4-3-13(7)11(19)12-8(10(17)18)1-2-9(15)16/h7-8,14H,1-6H2,(H,12,19)(H,15,16)(H,17,18). The van der Waals surface area contributed by atoms with Crippen molar-refractivity contribution in [1.82, 2.24) is 10.2 Å². The molecule has 1 aliphatic rings. The number of carboxylic acid groups (broad SMARTS) is 2. The van der Waals surface area contributed by atoms with Crippen molar-refractivity contribution >= 4 is 18.0 Å². The summed E-state index contributed by atoms with van der Waals surface area (Å²) in [5.41, 5.74) is 0. The van der Waals surface area contributed by atoms with Crippen molar-refractivity contribution in [3.05, 3.63) is 0 Å². The molecule has 9 heteroatoms.